The number of hydrogen-bond donors (Lipinski definition) is 1. The van der Waals surface area contributed by atoms with Gasteiger partial charge in [-0.3, -0.25) is 4.79 Å². The number of pyridine rings is 2. The average molecular weight is 342 g/mol. The Hall–Kier alpha value is -2.67. The zero-order chi connectivity index (χ0) is 17.6. The van der Waals surface area contributed by atoms with Crippen molar-refractivity contribution in [2.24, 2.45) is 0 Å². The summed E-state index contributed by atoms with van der Waals surface area (Å²) in [6.07, 6.45) is 4.96. The van der Waals surface area contributed by atoms with Crippen molar-refractivity contribution in [1.82, 2.24) is 14.9 Å². The summed E-state index contributed by atoms with van der Waals surface area (Å²) < 4.78 is 11.0. The molecule has 1 saturated heterocycles. The van der Waals surface area contributed by atoms with Gasteiger partial charge >= 0.3 is 0 Å². The maximum absolute atomic E-state index is 12.8. The highest BCUT2D eigenvalue weighted by Crippen LogP contribution is 2.19. The molecule has 3 rings (SSSR count). The van der Waals surface area contributed by atoms with Crippen LogP contribution in [0.5, 0.6) is 5.88 Å². The molecule has 1 amide bonds. The average Bonchev–Trinajstić information content (AvgIpc) is 2.66. The van der Waals surface area contributed by atoms with Crippen LogP contribution in [0.15, 0.2) is 36.7 Å². The summed E-state index contributed by atoms with van der Waals surface area (Å²) in [7, 11) is 1.52. The summed E-state index contributed by atoms with van der Waals surface area (Å²) in [5.41, 5.74) is 7.31. The van der Waals surface area contributed by atoms with E-state index in [2.05, 4.69) is 9.97 Å². The van der Waals surface area contributed by atoms with Crippen LogP contribution < -0.4 is 10.5 Å². The molecule has 0 saturated carbocycles. The van der Waals surface area contributed by atoms with Crippen LogP contribution in [0.25, 0.3) is 0 Å². The monoisotopic (exact) mass is 342 g/mol. The molecule has 1 aliphatic rings. The van der Waals surface area contributed by atoms with Gasteiger partial charge in [0.2, 0.25) is 5.88 Å². The molecule has 1 fully saturated rings. The molecule has 0 unspecified atom stereocenters. The minimum atomic E-state index is -0.0774. The molecule has 2 aromatic rings. The van der Waals surface area contributed by atoms with Crippen LogP contribution in [0.1, 0.15) is 22.3 Å². The zero-order valence-corrected chi connectivity index (χ0v) is 14.2. The summed E-state index contributed by atoms with van der Waals surface area (Å²) in [4.78, 5) is 22.7. The summed E-state index contributed by atoms with van der Waals surface area (Å²) in [5, 5.41) is 0. The molecule has 0 bridgehead atoms. The quantitative estimate of drug-likeness (QED) is 0.886. The van der Waals surface area contributed by atoms with Gasteiger partial charge < -0.3 is 20.1 Å². The second-order valence-corrected chi connectivity index (χ2v) is 5.93. The van der Waals surface area contributed by atoms with Gasteiger partial charge in [0.25, 0.3) is 5.91 Å². The summed E-state index contributed by atoms with van der Waals surface area (Å²) in [6, 6.07) is 7.29. The Bertz CT molecular complexity index is 738. The zero-order valence-electron chi connectivity index (χ0n) is 14.2. The second-order valence-electron chi connectivity index (χ2n) is 5.93. The number of nitrogens with two attached hydrogens (primary N) is 1. The fourth-order valence-electron chi connectivity index (χ4n) is 2.94. The number of rotatable bonds is 5. The lowest BCUT2D eigenvalue weighted by Gasteiger charge is -2.33. The fraction of sp³-hybridized carbons (Fsp3) is 0.389. The Morgan fingerprint density at radius 1 is 1.40 bits per heavy atom. The molecule has 3 heterocycles. The van der Waals surface area contributed by atoms with E-state index in [1.54, 1.807) is 29.4 Å². The number of carbonyl (C=O) groups excluding carboxylic acids is 1. The molecule has 0 spiro atoms. The smallest absolute Gasteiger partial charge is 0.259 e. The van der Waals surface area contributed by atoms with Gasteiger partial charge in [-0.05, 0) is 42.7 Å². The van der Waals surface area contributed by atoms with Gasteiger partial charge in [-0.25, -0.2) is 9.97 Å². The lowest BCUT2D eigenvalue weighted by molar-refractivity contribution is -0.0247. The number of carbonyl (C=O) groups is 1. The number of amides is 1. The largest absolute Gasteiger partial charge is 0.480 e. The molecule has 0 aliphatic carbocycles. The molecule has 0 aromatic carbocycles. The van der Waals surface area contributed by atoms with Crippen LogP contribution in [-0.2, 0) is 11.2 Å². The number of aromatic nitrogens is 2. The summed E-state index contributed by atoms with van der Waals surface area (Å²) >= 11 is 0. The molecular weight excluding hydrogens is 320 g/mol. The highest BCUT2D eigenvalue weighted by Gasteiger charge is 2.26. The van der Waals surface area contributed by atoms with E-state index in [4.69, 9.17) is 15.2 Å². The number of morpholine rings is 1. The number of anilines is 1. The van der Waals surface area contributed by atoms with Crippen molar-refractivity contribution in [1.29, 1.82) is 0 Å². The van der Waals surface area contributed by atoms with Gasteiger partial charge in [-0.15, -0.1) is 0 Å². The van der Waals surface area contributed by atoms with Gasteiger partial charge in [0.15, 0.2) is 0 Å². The van der Waals surface area contributed by atoms with Crippen molar-refractivity contribution in [2.45, 2.75) is 18.9 Å². The van der Waals surface area contributed by atoms with Crippen LogP contribution in [0, 0.1) is 0 Å². The highest BCUT2D eigenvalue weighted by atomic mass is 16.5. The lowest BCUT2D eigenvalue weighted by atomic mass is 10.1. The van der Waals surface area contributed by atoms with E-state index in [-0.39, 0.29) is 12.0 Å². The first-order valence-electron chi connectivity index (χ1n) is 8.27. The highest BCUT2D eigenvalue weighted by molar-refractivity contribution is 5.96. The molecule has 7 nitrogen and oxygen atoms in total. The number of hydrogen-bond acceptors (Lipinski definition) is 6. The van der Waals surface area contributed by atoms with Crippen LogP contribution in [0.2, 0.25) is 0 Å². The fourth-order valence-corrected chi connectivity index (χ4v) is 2.94. The van der Waals surface area contributed by atoms with Gasteiger partial charge in [-0.1, -0.05) is 0 Å². The Morgan fingerprint density at radius 2 is 2.28 bits per heavy atom. The Balaban J connectivity index is 1.61. The SMILES string of the molecule is COc1ncccc1C(=O)N1CCO[C@@H](CCc2ccnc(N)c2)C1. The minimum absolute atomic E-state index is 0.00486. The van der Waals surface area contributed by atoms with E-state index in [1.165, 1.54) is 7.11 Å². The molecule has 2 aromatic heterocycles. The van der Waals surface area contributed by atoms with Crippen LogP contribution in [-0.4, -0.2) is 53.7 Å². The predicted molar refractivity (Wildman–Crippen MR) is 93.4 cm³/mol. The lowest BCUT2D eigenvalue weighted by Crippen LogP contribution is -2.45. The van der Waals surface area contributed by atoms with Crippen molar-refractivity contribution < 1.29 is 14.3 Å². The van der Waals surface area contributed by atoms with Crippen LogP contribution in [0.4, 0.5) is 5.82 Å². The molecule has 0 radical (unpaired) electrons. The predicted octanol–water partition coefficient (Wildman–Crippen LogP) is 1.54. The number of aryl methyl sites for hydroxylation is 1. The van der Waals surface area contributed by atoms with E-state index in [1.807, 2.05) is 12.1 Å². The van der Waals surface area contributed by atoms with Crippen molar-refractivity contribution in [2.75, 3.05) is 32.5 Å². The van der Waals surface area contributed by atoms with Crippen LogP contribution in [0.3, 0.4) is 0 Å². The molecule has 7 heteroatoms. The van der Waals surface area contributed by atoms with Gasteiger partial charge in [0, 0.05) is 25.5 Å². The molecule has 132 valence electrons. The summed E-state index contributed by atoms with van der Waals surface area (Å²) in [5.74, 6) is 0.789. The van der Waals surface area contributed by atoms with Gasteiger partial charge in [0.05, 0.1) is 19.8 Å². The standard InChI is InChI=1S/C18H22N4O3/c1-24-17-15(3-2-7-21-17)18(23)22-9-10-25-14(12-22)5-4-13-6-8-20-16(19)11-13/h2-3,6-8,11,14H,4-5,9-10,12H2,1H3,(H2,19,20)/t14-/m0/s1. The van der Waals surface area contributed by atoms with E-state index in [0.717, 1.165) is 18.4 Å². The van der Waals surface area contributed by atoms with Crippen LogP contribution >= 0.6 is 0 Å². The Kier molecular flexibility index (Phi) is 5.45. The number of nitrogens with zero attached hydrogens (tertiary/aromatic N) is 3. The normalized spacial score (nSPS) is 17.3. The van der Waals surface area contributed by atoms with E-state index in [0.29, 0.717) is 37.0 Å². The van der Waals surface area contributed by atoms with Crippen molar-refractivity contribution in [3.63, 3.8) is 0 Å². The number of methoxy groups -OCH3 is 1. The number of nitrogen functional groups attached to an aromatic ring is 1. The molecule has 1 atom stereocenters. The van der Waals surface area contributed by atoms with Crippen molar-refractivity contribution in [3.05, 3.63) is 47.8 Å². The topological polar surface area (TPSA) is 90.6 Å². The van der Waals surface area contributed by atoms with E-state index in [9.17, 15) is 4.79 Å². The number of ether oxygens (including phenoxy) is 2. The second kappa shape index (κ2) is 7.94. The van der Waals surface area contributed by atoms with Gasteiger partial charge in [-0.2, -0.15) is 0 Å². The molecule has 2 N–H and O–H groups in total. The Labute approximate surface area is 146 Å². The first kappa shape index (κ1) is 17.2. The summed E-state index contributed by atoms with van der Waals surface area (Å²) in [6.45, 7) is 1.64. The van der Waals surface area contributed by atoms with E-state index >= 15 is 0 Å². The first-order chi connectivity index (χ1) is 12.2. The third kappa shape index (κ3) is 4.24. The molecule has 25 heavy (non-hydrogen) atoms. The third-order valence-electron chi connectivity index (χ3n) is 4.22. The maximum Gasteiger partial charge on any atom is 0.259 e. The van der Waals surface area contributed by atoms with Crippen molar-refractivity contribution in [3.8, 4) is 5.88 Å². The third-order valence-corrected chi connectivity index (χ3v) is 4.22. The molecule has 1 aliphatic heterocycles. The van der Waals surface area contributed by atoms with Crippen molar-refractivity contribution >= 4 is 11.7 Å². The molecular formula is C18H22N4O3. The minimum Gasteiger partial charge on any atom is -0.480 e. The Morgan fingerprint density at radius 3 is 3.08 bits per heavy atom. The first-order valence-corrected chi connectivity index (χ1v) is 8.27. The maximum atomic E-state index is 12.8. The van der Waals surface area contributed by atoms with E-state index < -0.39 is 0 Å². The van der Waals surface area contributed by atoms with Gasteiger partial charge in [0.1, 0.15) is 11.4 Å².